The number of carbonyl (C=O) groups excluding carboxylic acids is 1. The van der Waals surface area contributed by atoms with Gasteiger partial charge in [-0.05, 0) is 18.9 Å². The lowest BCUT2D eigenvalue weighted by atomic mass is 9.92. The lowest BCUT2D eigenvalue weighted by Gasteiger charge is -2.31. The average molecular weight is 240 g/mol. The first-order chi connectivity index (χ1) is 7.55. The van der Waals surface area contributed by atoms with Crippen molar-refractivity contribution in [1.82, 2.24) is 5.32 Å². The maximum Gasteiger partial charge on any atom is 0.255 e. The molecule has 0 spiro atoms. The van der Waals surface area contributed by atoms with Crippen molar-refractivity contribution in [2.45, 2.75) is 32.2 Å². The van der Waals surface area contributed by atoms with E-state index in [4.69, 9.17) is 22.4 Å². The zero-order valence-corrected chi connectivity index (χ0v) is 10.3. The van der Waals surface area contributed by atoms with Crippen LogP contribution in [0.4, 0.5) is 0 Å². The van der Waals surface area contributed by atoms with Gasteiger partial charge in [0.1, 0.15) is 6.26 Å². The Balaban J connectivity index is 2.84. The van der Waals surface area contributed by atoms with Crippen molar-refractivity contribution < 1.29 is 9.21 Å². The molecule has 0 atom stereocenters. The fraction of sp³-hybridized carbons (Fsp3) is 0.455. The van der Waals surface area contributed by atoms with Gasteiger partial charge in [0.25, 0.3) is 5.91 Å². The van der Waals surface area contributed by atoms with Crippen molar-refractivity contribution in [3.8, 4) is 0 Å². The molecule has 0 aliphatic heterocycles. The highest BCUT2D eigenvalue weighted by molar-refractivity contribution is 7.80. The van der Waals surface area contributed by atoms with Crippen LogP contribution in [0, 0.1) is 0 Å². The molecule has 0 aliphatic carbocycles. The van der Waals surface area contributed by atoms with E-state index in [2.05, 4.69) is 5.32 Å². The number of nitrogens with two attached hydrogens (primary N) is 1. The Morgan fingerprint density at radius 3 is 2.56 bits per heavy atom. The van der Waals surface area contributed by atoms with E-state index in [0.29, 0.717) is 23.4 Å². The number of hydrogen-bond donors (Lipinski definition) is 2. The third-order valence-corrected chi connectivity index (χ3v) is 3.21. The molecule has 1 aromatic heterocycles. The largest absolute Gasteiger partial charge is 0.472 e. The fourth-order valence-corrected chi connectivity index (χ4v) is 1.86. The van der Waals surface area contributed by atoms with Crippen LogP contribution < -0.4 is 11.1 Å². The molecule has 3 N–H and O–H groups in total. The van der Waals surface area contributed by atoms with Crippen LogP contribution in [0.25, 0.3) is 0 Å². The topological polar surface area (TPSA) is 68.3 Å². The molecule has 0 saturated carbocycles. The number of rotatable bonds is 5. The van der Waals surface area contributed by atoms with E-state index in [-0.39, 0.29) is 5.91 Å². The molecule has 0 radical (unpaired) electrons. The monoisotopic (exact) mass is 240 g/mol. The van der Waals surface area contributed by atoms with E-state index in [1.54, 1.807) is 6.07 Å². The summed E-state index contributed by atoms with van der Waals surface area (Å²) in [4.78, 5) is 12.2. The second-order valence-corrected chi connectivity index (χ2v) is 4.06. The lowest BCUT2D eigenvalue weighted by molar-refractivity contribution is 0.0919. The second-order valence-electron chi connectivity index (χ2n) is 3.62. The molecule has 16 heavy (non-hydrogen) atoms. The highest BCUT2D eigenvalue weighted by Crippen LogP contribution is 2.16. The summed E-state index contributed by atoms with van der Waals surface area (Å²) >= 11 is 5.01. The van der Waals surface area contributed by atoms with Gasteiger partial charge in [-0.3, -0.25) is 4.79 Å². The van der Waals surface area contributed by atoms with Crippen molar-refractivity contribution in [2.24, 2.45) is 5.73 Å². The van der Waals surface area contributed by atoms with Gasteiger partial charge in [0, 0.05) is 0 Å². The Morgan fingerprint density at radius 1 is 1.56 bits per heavy atom. The maximum atomic E-state index is 11.9. The van der Waals surface area contributed by atoms with Crippen molar-refractivity contribution >= 4 is 23.1 Å². The van der Waals surface area contributed by atoms with E-state index >= 15 is 0 Å². The molecule has 0 aromatic carbocycles. The summed E-state index contributed by atoms with van der Waals surface area (Å²) < 4.78 is 4.85. The molecule has 88 valence electrons. The Kier molecular flexibility index (Phi) is 4.06. The SMILES string of the molecule is CCC(CC)(NC(=O)c1ccoc1)C(N)=S. The number of furan rings is 1. The standard InChI is InChI=1S/C11H16N2O2S/c1-3-11(4-2,10(12)16)13-9(14)8-5-6-15-7-8/h5-7H,3-4H2,1-2H3,(H2,12,16)(H,13,14). The van der Waals surface area contributed by atoms with Crippen LogP contribution in [0.2, 0.25) is 0 Å². The molecule has 1 aromatic rings. The summed E-state index contributed by atoms with van der Waals surface area (Å²) in [6.45, 7) is 3.89. The Bertz CT molecular complexity index is 369. The molecule has 0 saturated heterocycles. The smallest absolute Gasteiger partial charge is 0.255 e. The van der Waals surface area contributed by atoms with Crippen LogP contribution in [0.5, 0.6) is 0 Å². The molecule has 0 aliphatic rings. The summed E-state index contributed by atoms with van der Waals surface area (Å²) in [7, 11) is 0. The van der Waals surface area contributed by atoms with Crippen LogP contribution >= 0.6 is 12.2 Å². The number of amides is 1. The molecule has 1 amide bonds. The first kappa shape index (κ1) is 12.7. The summed E-state index contributed by atoms with van der Waals surface area (Å²) in [6.07, 6.45) is 4.19. The Hall–Kier alpha value is -1.36. The lowest BCUT2D eigenvalue weighted by Crippen LogP contribution is -2.55. The molecule has 0 fully saturated rings. The van der Waals surface area contributed by atoms with E-state index < -0.39 is 5.54 Å². The molecule has 1 rings (SSSR count). The highest BCUT2D eigenvalue weighted by Gasteiger charge is 2.31. The maximum absolute atomic E-state index is 11.9. The first-order valence-electron chi connectivity index (χ1n) is 5.20. The van der Waals surface area contributed by atoms with E-state index in [0.717, 1.165) is 0 Å². The van der Waals surface area contributed by atoms with Gasteiger partial charge in [-0.25, -0.2) is 0 Å². The van der Waals surface area contributed by atoms with Gasteiger partial charge in [0.2, 0.25) is 0 Å². The summed E-state index contributed by atoms with van der Waals surface area (Å²) in [6, 6.07) is 1.60. The van der Waals surface area contributed by atoms with Gasteiger partial charge in [0.05, 0.1) is 22.4 Å². The quantitative estimate of drug-likeness (QED) is 0.771. The van der Waals surface area contributed by atoms with Crippen molar-refractivity contribution in [1.29, 1.82) is 0 Å². The van der Waals surface area contributed by atoms with Crippen LogP contribution in [0.15, 0.2) is 23.0 Å². The van der Waals surface area contributed by atoms with Gasteiger partial charge < -0.3 is 15.5 Å². The van der Waals surface area contributed by atoms with E-state index in [1.165, 1.54) is 12.5 Å². The van der Waals surface area contributed by atoms with Gasteiger partial charge >= 0.3 is 0 Å². The minimum Gasteiger partial charge on any atom is -0.472 e. The van der Waals surface area contributed by atoms with Crippen molar-refractivity contribution in [2.75, 3.05) is 0 Å². The fourth-order valence-electron chi connectivity index (χ4n) is 1.52. The van der Waals surface area contributed by atoms with Gasteiger partial charge in [-0.1, -0.05) is 26.1 Å². The van der Waals surface area contributed by atoms with Crippen LogP contribution in [0.3, 0.4) is 0 Å². The number of thiocarbonyl (C=S) groups is 1. The molecule has 0 unspecified atom stereocenters. The summed E-state index contributed by atoms with van der Waals surface area (Å²) in [5.41, 5.74) is 5.55. The van der Waals surface area contributed by atoms with E-state index in [1.807, 2.05) is 13.8 Å². The zero-order chi connectivity index (χ0) is 12.2. The van der Waals surface area contributed by atoms with Gasteiger partial charge in [-0.15, -0.1) is 0 Å². The second kappa shape index (κ2) is 5.12. The third-order valence-electron chi connectivity index (χ3n) is 2.81. The molecule has 5 heteroatoms. The van der Waals surface area contributed by atoms with E-state index in [9.17, 15) is 4.79 Å². The minimum atomic E-state index is -0.607. The summed E-state index contributed by atoms with van der Waals surface area (Å²) in [5, 5.41) is 2.87. The van der Waals surface area contributed by atoms with Crippen LogP contribution in [-0.2, 0) is 0 Å². The Morgan fingerprint density at radius 2 is 2.19 bits per heavy atom. The average Bonchev–Trinajstić information content (AvgIpc) is 2.78. The number of carbonyl (C=O) groups is 1. The number of nitrogens with one attached hydrogen (secondary N) is 1. The predicted molar refractivity (Wildman–Crippen MR) is 66.3 cm³/mol. The molecule has 4 nitrogen and oxygen atoms in total. The van der Waals surface area contributed by atoms with Crippen molar-refractivity contribution in [3.63, 3.8) is 0 Å². The first-order valence-corrected chi connectivity index (χ1v) is 5.61. The molecule has 1 heterocycles. The summed E-state index contributed by atoms with van der Waals surface area (Å²) in [5.74, 6) is -0.217. The third kappa shape index (κ3) is 2.41. The highest BCUT2D eigenvalue weighted by atomic mass is 32.1. The van der Waals surface area contributed by atoms with Crippen molar-refractivity contribution in [3.05, 3.63) is 24.2 Å². The Labute approximate surface area is 100 Å². The number of hydrogen-bond acceptors (Lipinski definition) is 3. The predicted octanol–water partition coefficient (Wildman–Crippen LogP) is 1.85. The van der Waals surface area contributed by atoms with Gasteiger partial charge in [0.15, 0.2) is 0 Å². The zero-order valence-electron chi connectivity index (χ0n) is 9.45. The normalized spacial score (nSPS) is 11.1. The van der Waals surface area contributed by atoms with Crippen LogP contribution in [0.1, 0.15) is 37.0 Å². The molecule has 0 bridgehead atoms. The molecular formula is C11H16N2O2S. The van der Waals surface area contributed by atoms with Crippen LogP contribution in [-0.4, -0.2) is 16.4 Å². The van der Waals surface area contributed by atoms with Gasteiger partial charge in [-0.2, -0.15) is 0 Å². The minimum absolute atomic E-state index is 0.217. The molecular weight excluding hydrogens is 224 g/mol.